The SMILES string of the molecule is c1ccc(-c2ccc(-c3nc(-c4cccc5oc6cc(-n7c8ccccc8c8cc9ccccc9cc87)ccc6c45)nc4c3oc3ccccc34)cc2)cc1. The molecule has 0 N–H and O–H groups in total. The second-order valence-electron chi connectivity index (χ2n) is 14.1. The lowest BCUT2D eigenvalue weighted by Crippen LogP contribution is -1.95. The van der Waals surface area contributed by atoms with Gasteiger partial charge in [-0.15, -0.1) is 0 Å². The Morgan fingerprint density at radius 1 is 0.418 bits per heavy atom. The Labute approximate surface area is 314 Å². The summed E-state index contributed by atoms with van der Waals surface area (Å²) in [5.74, 6) is 0.618. The highest BCUT2D eigenvalue weighted by Gasteiger charge is 2.22. The van der Waals surface area contributed by atoms with Crippen molar-refractivity contribution in [3.63, 3.8) is 0 Å². The molecule has 0 atom stereocenters. The molecule has 0 fully saturated rings. The van der Waals surface area contributed by atoms with E-state index in [1.54, 1.807) is 0 Å². The average Bonchev–Trinajstić information content (AvgIpc) is 3.92. The van der Waals surface area contributed by atoms with Crippen LogP contribution in [0.2, 0.25) is 0 Å². The van der Waals surface area contributed by atoms with E-state index in [9.17, 15) is 0 Å². The van der Waals surface area contributed by atoms with E-state index in [1.807, 2.05) is 36.4 Å². The molecule has 0 aliphatic heterocycles. The van der Waals surface area contributed by atoms with Crippen LogP contribution >= 0.6 is 0 Å². The number of furan rings is 2. The molecular formula is C50H29N3O2. The molecule has 0 amide bonds. The zero-order valence-corrected chi connectivity index (χ0v) is 29.4. The number of benzene rings is 8. The Morgan fingerprint density at radius 2 is 1.13 bits per heavy atom. The van der Waals surface area contributed by atoms with Crippen molar-refractivity contribution in [2.24, 2.45) is 0 Å². The van der Waals surface area contributed by atoms with Crippen LogP contribution in [0, 0.1) is 0 Å². The van der Waals surface area contributed by atoms with Gasteiger partial charge in [0.25, 0.3) is 0 Å². The first kappa shape index (κ1) is 30.0. The van der Waals surface area contributed by atoms with Crippen LogP contribution < -0.4 is 0 Å². The van der Waals surface area contributed by atoms with E-state index in [2.05, 4.69) is 144 Å². The lowest BCUT2D eigenvalue weighted by Gasteiger charge is -2.09. The van der Waals surface area contributed by atoms with Gasteiger partial charge < -0.3 is 13.4 Å². The first-order valence-electron chi connectivity index (χ1n) is 18.5. The zero-order valence-electron chi connectivity index (χ0n) is 29.4. The van der Waals surface area contributed by atoms with Gasteiger partial charge in [-0.05, 0) is 70.4 Å². The van der Waals surface area contributed by atoms with E-state index in [-0.39, 0.29) is 0 Å². The summed E-state index contributed by atoms with van der Waals surface area (Å²) < 4.78 is 15.5. The Morgan fingerprint density at radius 3 is 2.00 bits per heavy atom. The van der Waals surface area contributed by atoms with Crippen LogP contribution in [0.1, 0.15) is 0 Å². The minimum Gasteiger partial charge on any atom is -0.456 e. The van der Waals surface area contributed by atoms with Crippen molar-refractivity contribution in [1.82, 2.24) is 14.5 Å². The van der Waals surface area contributed by atoms with Crippen molar-refractivity contribution in [3.05, 3.63) is 176 Å². The number of aromatic nitrogens is 3. The van der Waals surface area contributed by atoms with Crippen LogP contribution in [0.3, 0.4) is 0 Å². The van der Waals surface area contributed by atoms with E-state index in [0.717, 1.165) is 77.5 Å². The molecule has 0 saturated heterocycles. The number of hydrogen-bond donors (Lipinski definition) is 0. The molecule has 0 bridgehead atoms. The number of rotatable bonds is 4. The van der Waals surface area contributed by atoms with E-state index in [0.29, 0.717) is 11.4 Å². The third kappa shape index (κ3) is 4.53. The van der Waals surface area contributed by atoms with Gasteiger partial charge >= 0.3 is 0 Å². The van der Waals surface area contributed by atoms with Crippen LogP contribution in [0.25, 0.3) is 116 Å². The van der Waals surface area contributed by atoms with Crippen LogP contribution in [0.4, 0.5) is 0 Å². The van der Waals surface area contributed by atoms with Gasteiger partial charge in [0, 0.05) is 49.8 Å². The highest BCUT2D eigenvalue weighted by Crippen LogP contribution is 2.41. The van der Waals surface area contributed by atoms with Crippen molar-refractivity contribution in [2.45, 2.75) is 0 Å². The normalized spacial score (nSPS) is 12.0. The monoisotopic (exact) mass is 703 g/mol. The predicted molar refractivity (Wildman–Crippen MR) is 225 cm³/mol. The third-order valence-electron chi connectivity index (χ3n) is 11.0. The van der Waals surface area contributed by atoms with Crippen molar-refractivity contribution < 1.29 is 8.83 Å². The lowest BCUT2D eigenvalue weighted by atomic mass is 10.0. The number of fused-ring (bicyclic) bond motifs is 10. The summed E-state index contributed by atoms with van der Waals surface area (Å²) in [6.07, 6.45) is 0. The highest BCUT2D eigenvalue weighted by atomic mass is 16.3. The number of para-hydroxylation sites is 2. The summed E-state index contributed by atoms with van der Waals surface area (Å²) in [7, 11) is 0. The summed E-state index contributed by atoms with van der Waals surface area (Å²) in [5.41, 5.74) is 12.1. The summed E-state index contributed by atoms with van der Waals surface area (Å²) in [6, 6.07) is 61.4. The molecule has 4 heterocycles. The summed E-state index contributed by atoms with van der Waals surface area (Å²) in [5, 5.41) is 7.84. The van der Waals surface area contributed by atoms with Crippen molar-refractivity contribution in [3.8, 4) is 39.5 Å². The fourth-order valence-corrected chi connectivity index (χ4v) is 8.43. The average molecular weight is 704 g/mol. The molecule has 0 aliphatic carbocycles. The summed E-state index contributed by atoms with van der Waals surface area (Å²) in [6.45, 7) is 0. The minimum atomic E-state index is 0.618. The Balaban J connectivity index is 1.06. The number of nitrogens with zero attached hydrogens (tertiary/aromatic N) is 3. The first-order chi connectivity index (χ1) is 27.2. The second-order valence-corrected chi connectivity index (χ2v) is 14.1. The second kappa shape index (κ2) is 11.5. The van der Waals surface area contributed by atoms with Gasteiger partial charge in [0.05, 0.1) is 11.0 Å². The summed E-state index contributed by atoms with van der Waals surface area (Å²) >= 11 is 0. The summed E-state index contributed by atoms with van der Waals surface area (Å²) in [4.78, 5) is 10.5. The number of hydrogen-bond acceptors (Lipinski definition) is 4. The fraction of sp³-hybridized carbons (Fsp3) is 0. The van der Waals surface area contributed by atoms with Gasteiger partial charge in [0.2, 0.25) is 0 Å². The van der Waals surface area contributed by atoms with Gasteiger partial charge in [-0.1, -0.05) is 121 Å². The standard InChI is InChI=1S/C50H29N3O2/c1-2-11-30(12-3-1)31-21-23-32(24-22-31)47-49-48(38-16-7-9-19-43(38)55-49)52-50(51-47)39-17-10-20-44-46(39)37-26-25-35(29-45(37)54-44)53-41-18-8-6-15-36(41)40-27-33-13-4-5-14-34(33)28-42(40)53/h1-29H. The van der Waals surface area contributed by atoms with Crippen molar-refractivity contribution in [1.29, 1.82) is 0 Å². The fourth-order valence-electron chi connectivity index (χ4n) is 8.43. The van der Waals surface area contributed by atoms with E-state index in [4.69, 9.17) is 18.8 Å². The van der Waals surface area contributed by atoms with E-state index >= 15 is 0 Å². The Hall–Kier alpha value is -7.50. The molecule has 5 nitrogen and oxygen atoms in total. The third-order valence-corrected chi connectivity index (χ3v) is 11.0. The van der Waals surface area contributed by atoms with Crippen LogP contribution in [-0.4, -0.2) is 14.5 Å². The minimum absolute atomic E-state index is 0.618. The molecule has 0 saturated carbocycles. The Bertz CT molecular complexity index is 3480. The predicted octanol–water partition coefficient (Wildman–Crippen LogP) is 13.5. The molecule has 4 aromatic heterocycles. The molecule has 0 unspecified atom stereocenters. The molecule has 12 rings (SSSR count). The van der Waals surface area contributed by atoms with Gasteiger partial charge in [0.15, 0.2) is 11.4 Å². The molecule has 0 aliphatic rings. The topological polar surface area (TPSA) is 57.0 Å². The molecular weight excluding hydrogens is 675 g/mol. The van der Waals surface area contributed by atoms with Crippen molar-refractivity contribution in [2.75, 3.05) is 0 Å². The molecule has 256 valence electrons. The van der Waals surface area contributed by atoms with Gasteiger partial charge in [-0.2, -0.15) is 0 Å². The Kier molecular flexibility index (Phi) is 6.27. The molecule has 5 heteroatoms. The largest absolute Gasteiger partial charge is 0.456 e. The smallest absolute Gasteiger partial charge is 0.180 e. The maximum Gasteiger partial charge on any atom is 0.180 e. The molecule has 12 aromatic rings. The maximum absolute atomic E-state index is 6.67. The van der Waals surface area contributed by atoms with E-state index < -0.39 is 0 Å². The quantitative estimate of drug-likeness (QED) is 0.183. The van der Waals surface area contributed by atoms with Crippen LogP contribution in [-0.2, 0) is 0 Å². The maximum atomic E-state index is 6.67. The van der Waals surface area contributed by atoms with Crippen molar-refractivity contribution >= 4 is 76.6 Å². The zero-order chi connectivity index (χ0) is 36.0. The van der Waals surface area contributed by atoms with E-state index in [1.165, 1.54) is 27.1 Å². The van der Waals surface area contributed by atoms with Crippen LogP contribution in [0.15, 0.2) is 185 Å². The van der Waals surface area contributed by atoms with Gasteiger partial charge in [0.1, 0.15) is 28.0 Å². The molecule has 0 spiro atoms. The van der Waals surface area contributed by atoms with Gasteiger partial charge in [-0.3, -0.25) is 0 Å². The molecule has 55 heavy (non-hydrogen) atoms. The highest BCUT2D eigenvalue weighted by molar-refractivity contribution is 6.16. The lowest BCUT2D eigenvalue weighted by molar-refractivity contribution is 0.667. The van der Waals surface area contributed by atoms with Crippen LogP contribution in [0.5, 0.6) is 0 Å². The first-order valence-corrected chi connectivity index (χ1v) is 18.5. The van der Waals surface area contributed by atoms with Gasteiger partial charge in [-0.25, -0.2) is 9.97 Å². The molecule has 8 aromatic carbocycles. The molecule has 0 radical (unpaired) electrons.